The molecule has 0 N–H and O–H groups in total. The van der Waals surface area contributed by atoms with E-state index < -0.39 is 0 Å². The van der Waals surface area contributed by atoms with Crippen molar-refractivity contribution in [3.63, 3.8) is 0 Å². The van der Waals surface area contributed by atoms with Gasteiger partial charge in [0.1, 0.15) is 6.61 Å². The summed E-state index contributed by atoms with van der Waals surface area (Å²) in [7, 11) is 0. The van der Waals surface area contributed by atoms with Crippen molar-refractivity contribution in [1.82, 2.24) is 4.90 Å². The molecule has 5 heteroatoms. The van der Waals surface area contributed by atoms with Gasteiger partial charge in [0.25, 0.3) is 0 Å². The molecule has 144 valence electrons. The minimum Gasteiger partial charge on any atom is -0.445 e. The third kappa shape index (κ3) is 5.21. The lowest BCUT2D eigenvalue weighted by Gasteiger charge is -2.31. The summed E-state index contributed by atoms with van der Waals surface area (Å²) in [4.78, 5) is 14.6. The number of ether oxygens (including phenoxy) is 3. The van der Waals surface area contributed by atoms with Gasteiger partial charge in [-0.15, -0.1) is 0 Å². The Hall–Kier alpha value is -1.59. The molecule has 5 nitrogen and oxygen atoms in total. The Balaban J connectivity index is 1.54. The first-order valence-corrected chi connectivity index (χ1v) is 9.98. The van der Waals surface area contributed by atoms with Crippen LogP contribution in [0.3, 0.4) is 0 Å². The van der Waals surface area contributed by atoms with Gasteiger partial charge in [-0.3, -0.25) is 0 Å². The van der Waals surface area contributed by atoms with E-state index >= 15 is 0 Å². The van der Waals surface area contributed by atoms with Crippen LogP contribution in [0, 0.1) is 5.92 Å². The summed E-state index contributed by atoms with van der Waals surface area (Å²) in [6, 6.07) is 10.1. The van der Waals surface area contributed by atoms with Gasteiger partial charge in [0.05, 0.1) is 13.2 Å². The number of carbonyl (C=O) groups excluding carboxylic acids is 1. The second-order valence-electron chi connectivity index (χ2n) is 7.24. The lowest BCUT2D eigenvalue weighted by molar-refractivity contribution is -0.0520. The third-order valence-electron chi connectivity index (χ3n) is 5.41. The van der Waals surface area contributed by atoms with Crippen molar-refractivity contribution in [3.8, 4) is 0 Å². The SMILES string of the molecule is CCC[C@H](CCC1OCCO1)[C@@H]1CCCN1C(=O)OCc1ccccc1. The van der Waals surface area contributed by atoms with E-state index in [0.717, 1.165) is 50.6 Å². The molecule has 0 spiro atoms. The fourth-order valence-corrected chi connectivity index (χ4v) is 4.14. The molecule has 0 bridgehead atoms. The molecular weight excluding hydrogens is 330 g/mol. The lowest BCUT2D eigenvalue weighted by Crippen LogP contribution is -2.40. The molecule has 2 aliphatic rings. The van der Waals surface area contributed by atoms with Crippen LogP contribution < -0.4 is 0 Å². The summed E-state index contributed by atoms with van der Waals surface area (Å²) < 4.78 is 16.7. The first-order valence-electron chi connectivity index (χ1n) is 9.98. The van der Waals surface area contributed by atoms with Crippen LogP contribution in [-0.4, -0.2) is 43.1 Å². The van der Waals surface area contributed by atoms with Gasteiger partial charge in [0, 0.05) is 12.6 Å². The molecule has 0 aromatic heterocycles. The molecule has 1 aromatic rings. The third-order valence-corrected chi connectivity index (χ3v) is 5.41. The minimum atomic E-state index is -0.175. The van der Waals surface area contributed by atoms with Crippen LogP contribution in [0.15, 0.2) is 30.3 Å². The largest absolute Gasteiger partial charge is 0.445 e. The number of hydrogen-bond acceptors (Lipinski definition) is 4. The highest BCUT2D eigenvalue weighted by atomic mass is 16.7. The van der Waals surface area contributed by atoms with Crippen LogP contribution in [0.5, 0.6) is 0 Å². The Kier molecular flexibility index (Phi) is 7.32. The summed E-state index contributed by atoms with van der Waals surface area (Å²) in [6.07, 6.45) is 6.08. The standard InChI is InChI=1S/C21H31NO4/c1-2-7-18(11-12-20-24-14-15-25-20)19-10-6-13-22(19)21(23)26-16-17-8-4-3-5-9-17/h3-5,8-9,18-20H,2,6-7,10-16H2,1H3/t18-,19+/m1/s1. The second kappa shape index (κ2) is 9.93. The van der Waals surface area contributed by atoms with E-state index in [-0.39, 0.29) is 18.4 Å². The van der Waals surface area contributed by atoms with Crippen molar-refractivity contribution in [3.05, 3.63) is 35.9 Å². The Bertz CT molecular complexity index is 544. The van der Waals surface area contributed by atoms with E-state index in [9.17, 15) is 4.79 Å². The summed E-state index contributed by atoms with van der Waals surface area (Å²) in [5.74, 6) is 0.486. The number of carbonyl (C=O) groups is 1. The highest BCUT2D eigenvalue weighted by Crippen LogP contribution is 2.32. The highest BCUT2D eigenvalue weighted by molar-refractivity contribution is 5.68. The maximum atomic E-state index is 12.7. The van der Waals surface area contributed by atoms with E-state index in [4.69, 9.17) is 14.2 Å². The average Bonchev–Trinajstić information content (AvgIpc) is 3.36. The molecule has 2 fully saturated rings. The van der Waals surface area contributed by atoms with Crippen molar-refractivity contribution in [2.45, 2.75) is 64.4 Å². The second-order valence-corrected chi connectivity index (χ2v) is 7.24. The first kappa shape index (κ1) is 19.2. The molecule has 0 saturated carbocycles. The van der Waals surface area contributed by atoms with Gasteiger partial charge in [-0.2, -0.15) is 0 Å². The zero-order valence-corrected chi connectivity index (χ0v) is 15.8. The normalized spacial score (nSPS) is 21.9. The molecule has 1 amide bonds. The molecular formula is C21H31NO4. The number of rotatable bonds is 8. The van der Waals surface area contributed by atoms with E-state index in [0.29, 0.717) is 25.7 Å². The predicted molar refractivity (Wildman–Crippen MR) is 99.7 cm³/mol. The summed E-state index contributed by atoms with van der Waals surface area (Å²) >= 11 is 0. The Morgan fingerprint density at radius 2 is 2.00 bits per heavy atom. The average molecular weight is 361 g/mol. The molecule has 0 unspecified atom stereocenters. The molecule has 2 aliphatic heterocycles. The van der Waals surface area contributed by atoms with Crippen LogP contribution in [0.2, 0.25) is 0 Å². The highest BCUT2D eigenvalue weighted by Gasteiger charge is 2.35. The zero-order valence-electron chi connectivity index (χ0n) is 15.8. The lowest BCUT2D eigenvalue weighted by atomic mass is 9.88. The van der Waals surface area contributed by atoms with Crippen LogP contribution in [-0.2, 0) is 20.8 Å². The van der Waals surface area contributed by atoms with Crippen LogP contribution in [0.25, 0.3) is 0 Å². The monoisotopic (exact) mass is 361 g/mol. The Labute approximate surface area is 156 Å². The number of benzene rings is 1. The Morgan fingerprint density at radius 3 is 2.73 bits per heavy atom. The van der Waals surface area contributed by atoms with Gasteiger partial charge < -0.3 is 19.1 Å². The summed E-state index contributed by atoms with van der Waals surface area (Å²) in [5, 5.41) is 0. The minimum absolute atomic E-state index is 0.0609. The molecule has 0 radical (unpaired) electrons. The van der Waals surface area contributed by atoms with Gasteiger partial charge in [0.15, 0.2) is 6.29 Å². The van der Waals surface area contributed by atoms with Gasteiger partial charge in [-0.1, -0.05) is 43.7 Å². The molecule has 26 heavy (non-hydrogen) atoms. The van der Waals surface area contributed by atoms with Crippen LogP contribution in [0.4, 0.5) is 4.79 Å². The first-order chi connectivity index (χ1) is 12.8. The number of amides is 1. The van der Waals surface area contributed by atoms with Gasteiger partial charge in [0.2, 0.25) is 0 Å². The maximum absolute atomic E-state index is 12.7. The van der Waals surface area contributed by atoms with Crippen molar-refractivity contribution < 1.29 is 19.0 Å². The fourth-order valence-electron chi connectivity index (χ4n) is 4.14. The van der Waals surface area contributed by atoms with Crippen molar-refractivity contribution in [2.24, 2.45) is 5.92 Å². The summed E-state index contributed by atoms with van der Waals surface area (Å²) in [6.45, 7) is 4.75. The molecule has 2 saturated heterocycles. The molecule has 2 atom stereocenters. The predicted octanol–water partition coefficient (Wildman–Crippen LogP) is 4.36. The molecule has 1 aromatic carbocycles. The van der Waals surface area contributed by atoms with E-state index in [1.807, 2.05) is 35.2 Å². The quantitative estimate of drug-likeness (QED) is 0.690. The maximum Gasteiger partial charge on any atom is 0.410 e. The number of likely N-dealkylation sites (tertiary alicyclic amines) is 1. The molecule has 2 heterocycles. The van der Waals surface area contributed by atoms with E-state index in [1.54, 1.807) is 0 Å². The van der Waals surface area contributed by atoms with Gasteiger partial charge in [-0.25, -0.2) is 4.79 Å². The van der Waals surface area contributed by atoms with Crippen molar-refractivity contribution >= 4 is 6.09 Å². The van der Waals surface area contributed by atoms with Crippen LogP contribution >= 0.6 is 0 Å². The van der Waals surface area contributed by atoms with Crippen LogP contribution in [0.1, 0.15) is 51.0 Å². The number of hydrogen-bond donors (Lipinski definition) is 0. The van der Waals surface area contributed by atoms with Gasteiger partial charge >= 0.3 is 6.09 Å². The molecule has 0 aliphatic carbocycles. The zero-order chi connectivity index (χ0) is 18.2. The topological polar surface area (TPSA) is 48.0 Å². The van der Waals surface area contributed by atoms with E-state index in [2.05, 4.69) is 6.92 Å². The summed E-state index contributed by atoms with van der Waals surface area (Å²) in [5.41, 5.74) is 1.03. The smallest absolute Gasteiger partial charge is 0.410 e. The molecule has 3 rings (SSSR count). The number of nitrogens with zero attached hydrogens (tertiary/aromatic N) is 1. The fraction of sp³-hybridized carbons (Fsp3) is 0.667. The van der Waals surface area contributed by atoms with Crippen molar-refractivity contribution in [1.29, 1.82) is 0 Å². The van der Waals surface area contributed by atoms with Gasteiger partial charge in [-0.05, 0) is 43.6 Å². The van der Waals surface area contributed by atoms with Crippen molar-refractivity contribution in [2.75, 3.05) is 19.8 Å². The van der Waals surface area contributed by atoms with E-state index in [1.165, 1.54) is 0 Å². The Morgan fingerprint density at radius 1 is 1.23 bits per heavy atom.